The Kier molecular flexibility index (Phi) is 3.25. The number of nitrogens with one attached hydrogen (secondary N) is 1. The molecule has 0 saturated heterocycles. The lowest BCUT2D eigenvalue weighted by Gasteiger charge is -2.02. The first-order chi connectivity index (χ1) is 6.89. The first-order valence-electron chi connectivity index (χ1n) is 4.01. The van der Waals surface area contributed by atoms with E-state index in [1.165, 1.54) is 12.3 Å². The van der Waals surface area contributed by atoms with Crippen LogP contribution in [0.4, 0.5) is 4.79 Å². The minimum Gasteiger partial charge on any atom is -0.465 e. The second-order valence-corrected chi connectivity index (χ2v) is 4.90. The zero-order chi connectivity index (χ0) is 11.5. The topological polar surface area (TPSA) is 96.4 Å². The first kappa shape index (κ1) is 11.4. The van der Waals surface area contributed by atoms with E-state index in [1.54, 1.807) is 6.07 Å². The van der Waals surface area contributed by atoms with Crippen molar-refractivity contribution < 1.29 is 18.3 Å². The highest BCUT2D eigenvalue weighted by atomic mass is 32.2. The summed E-state index contributed by atoms with van der Waals surface area (Å²) in [5.41, 5.74) is 0.549. The molecule has 15 heavy (non-hydrogen) atoms. The van der Waals surface area contributed by atoms with Gasteiger partial charge < -0.3 is 10.4 Å². The van der Waals surface area contributed by atoms with Crippen LogP contribution >= 0.6 is 0 Å². The normalized spacial score (nSPS) is 11.0. The molecule has 7 heteroatoms. The molecule has 82 valence electrons. The average molecular weight is 230 g/mol. The summed E-state index contributed by atoms with van der Waals surface area (Å²) in [6.07, 6.45) is 1.21. The highest BCUT2D eigenvalue weighted by Crippen LogP contribution is 2.07. The van der Waals surface area contributed by atoms with E-state index < -0.39 is 15.9 Å². The molecule has 0 fully saturated rings. The van der Waals surface area contributed by atoms with Crippen LogP contribution in [0.25, 0.3) is 0 Å². The lowest BCUT2D eigenvalue weighted by atomic mass is 10.3. The Morgan fingerprint density at radius 3 is 2.80 bits per heavy atom. The summed E-state index contributed by atoms with van der Waals surface area (Å²) in [4.78, 5) is 13.9. The van der Waals surface area contributed by atoms with Gasteiger partial charge in [0.2, 0.25) is 0 Å². The third-order valence-corrected chi connectivity index (χ3v) is 2.61. The van der Waals surface area contributed by atoms with Crippen molar-refractivity contribution in [1.82, 2.24) is 10.3 Å². The highest BCUT2D eigenvalue weighted by molar-refractivity contribution is 7.90. The monoisotopic (exact) mass is 230 g/mol. The van der Waals surface area contributed by atoms with E-state index in [4.69, 9.17) is 5.11 Å². The van der Waals surface area contributed by atoms with Crippen molar-refractivity contribution in [1.29, 1.82) is 0 Å². The zero-order valence-corrected chi connectivity index (χ0v) is 8.78. The molecule has 1 aromatic heterocycles. The second kappa shape index (κ2) is 4.26. The van der Waals surface area contributed by atoms with Crippen molar-refractivity contribution in [2.45, 2.75) is 11.6 Å². The molecule has 6 nitrogen and oxygen atoms in total. The van der Waals surface area contributed by atoms with Crippen molar-refractivity contribution in [3.8, 4) is 0 Å². The maximum absolute atomic E-state index is 11.1. The zero-order valence-electron chi connectivity index (χ0n) is 7.97. The molecular weight excluding hydrogens is 220 g/mol. The van der Waals surface area contributed by atoms with Gasteiger partial charge in [0.15, 0.2) is 14.9 Å². The van der Waals surface area contributed by atoms with Crippen LogP contribution < -0.4 is 5.32 Å². The van der Waals surface area contributed by atoms with Crippen molar-refractivity contribution in [2.24, 2.45) is 0 Å². The summed E-state index contributed by atoms with van der Waals surface area (Å²) >= 11 is 0. The van der Waals surface area contributed by atoms with Crippen molar-refractivity contribution >= 4 is 15.9 Å². The van der Waals surface area contributed by atoms with Gasteiger partial charge in [0, 0.05) is 19.0 Å². The number of aromatic nitrogens is 1. The minimum atomic E-state index is -3.35. The molecule has 1 amide bonds. The van der Waals surface area contributed by atoms with Crippen LogP contribution in [0.15, 0.2) is 23.4 Å². The van der Waals surface area contributed by atoms with Gasteiger partial charge in [-0.3, -0.25) is 0 Å². The number of pyridine rings is 1. The van der Waals surface area contributed by atoms with Crippen LogP contribution in [0.2, 0.25) is 0 Å². The Morgan fingerprint density at radius 1 is 1.60 bits per heavy atom. The fourth-order valence-corrected chi connectivity index (χ4v) is 1.56. The van der Waals surface area contributed by atoms with Crippen LogP contribution in [0.3, 0.4) is 0 Å². The number of amides is 1. The van der Waals surface area contributed by atoms with Gasteiger partial charge in [-0.15, -0.1) is 0 Å². The SMILES string of the molecule is CS(=O)(=O)c1cc(CNC(=O)O)ccn1. The quantitative estimate of drug-likeness (QED) is 0.776. The molecule has 0 aliphatic heterocycles. The largest absolute Gasteiger partial charge is 0.465 e. The summed E-state index contributed by atoms with van der Waals surface area (Å²) in [5, 5.41) is 10.4. The Hall–Kier alpha value is -1.63. The van der Waals surface area contributed by atoms with E-state index in [-0.39, 0.29) is 11.6 Å². The van der Waals surface area contributed by atoms with Gasteiger partial charge in [-0.1, -0.05) is 0 Å². The Labute approximate surface area is 86.9 Å². The van der Waals surface area contributed by atoms with Crippen LogP contribution in [0, 0.1) is 0 Å². The van der Waals surface area contributed by atoms with Gasteiger partial charge in [-0.25, -0.2) is 18.2 Å². The third-order valence-electron chi connectivity index (χ3n) is 1.62. The van der Waals surface area contributed by atoms with E-state index in [1.807, 2.05) is 0 Å². The molecule has 1 aromatic rings. The Bertz CT molecular complexity index is 469. The average Bonchev–Trinajstić information content (AvgIpc) is 2.14. The molecule has 0 radical (unpaired) electrons. The van der Waals surface area contributed by atoms with Gasteiger partial charge in [-0.05, 0) is 17.7 Å². The fourth-order valence-electron chi connectivity index (χ4n) is 0.941. The van der Waals surface area contributed by atoms with Gasteiger partial charge in [0.05, 0.1) is 0 Å². The predicted molar refractivity (Wildman–Crippen MR) is 52.2 cm³/mol. The van der Waals surface area contributed by atoms with Crippen LogP contribution in [-0.4, -0.2) is 30.9 Å². The minimum absolute atomic E-state index is 0.0559. The maximum atomic E-state index is 11.1. The van der Waals surface area contributed by atoms with E-state index in [9.17, 15) is 13.2 Å². The summed E-state index contributed by atoms with van der Waals surface area (Å²) in [7, 11) is -3.35. The number of sulfone groups is 1. The summed E-state index contributed by atoms with van der Waals surface area (Å²) < 4.78 is 22.2. The lowest BCUT2D eigenvalue weighted by Crippen LogP contribution is -2.20. The molecule has 0 aromatic carbocycles. The van der Waals surface area contributed by atoms with Crippen molar-refractivity contribution in [2.75, 3.05) is 6.26 Å². The molecule has 1 rings (SSSR count). The van der Waals surface area contributed by atoms with Crippen LogP contribution in [0.5, 0.6) is 0 Å². The van der Waals surface area contributed by atoms with Crippen LogP contribution in [0.1, 0.15) is 5.56 Å². The van der Waals surface area contributed by atoms with E-state index in [0.29, 0.717) is 5.56 Å². The Morgan fingerprint density at radius 2 is 2.27 bits per heavy atom. The molecule has 0 unspecified atom stereocenters. The fraction of sp³-hybridized carbons (Fsp3) is 0.250. The van der Waals surface area contributed by atoms with Crippen LogP contribution in [-0.2, 0) is 16.4 Å². The molecule has 0 saturated carbocycles. The van der Waals surface area contributed by atoms with E-state index in [2.05, 4.69) is 10.3 Å². The summed E-state index contributed by atoms with van der Waals surface area (Å²) in [6.45, 7) is 0.0559. The van der Waals surface area contributed by atoms with E-state index >= 15 is 0 Å². The van der Waals surface area contributed by atoms with Crippen molar-refractivity contribution in [3.05, 3.63) is 23.9 Å². The highest BCUT2D eigenvalue weighted by Gasteiger charge is 2.09. The molecule has 0 atom stereocenters. The Balaban J connectivity index is 2.89. The molecule has 0 spiro atoms. The lowest BCUT2D eigenvalue weighted by molar-refractivity contribution is 0.194. The molecule has 2 N–H and O–H groups in total. The van der Waals surface area contributed by atoms with Crippen molar-refractivity contribution in [3.63, 3.8) is 0 Å². The number of carbonyl (C=O) groups is 1. The standard InChI is InChI=1S/C8H10N2O4S/c1-15(13,14)7-4-6(2-3-9-7)5-10-8(11)12/h2-4,10H,5H2,1H3,(H,11,12). The van der Waals surface area contributed by atoms with Gasteiger partial charge in [-0.2, -0.15) is 0 Å². The number of hydrogen-bond acceptors (Lipinski definition) is 4. The van der Waals surface area contributed by atoms with Gasteiger partial charge in [0.25, 0.3) is 0 Å². The van der Waals surface area contributed by atoms with E-state index in [0.717, 1.165) is 6.26 Å². The molecule has 0 bridgehead atoms. The maximum Gasteiger partial charge on any atom is 0.404 e. The molecule has 0 aliphatic rings. The van der Waals surface area contributed by atoms with Gasteiger partial charge >= 0.3 is 6.09 Å². The smallest absolute Gasteiger partial charge is 0.404 e. The number of hydrogen-bond donors (Lipinski definition) is 2. The predicted octanol–water partition coefficient (Wildman–Crippen LogP) is 0.253. The third kappa shape index (κ3) is 3.55. The summed E-state index contributed by atoms with van der Waals surface area (Å²) in [6, 6.07) is 2.88. The number of carboxylic acid groups (broad SMARTS) is 1. The molecular formula is C8H10N2O4S. The number of rotatable bonds is 3. The second-order valence-electron chi connectivity index (χ2n) is 2.93. The molecule has 0 aliphatic carbocycles. The first-order valence-corrected chi connectivity index (χ1v) is 5.90. The number of nitrogens with zero attached hydrogens (tertiary/aromatic N) is 1. The molecule has 1 heterocycles. The summed E-state index contributed by atoms with van der Waals surface area (Å²) in [5.74, 6) is 0. The van der Waals surface area contributed by atoms with Gasteiger partial charge in [0.1, 0.15) is 0 Å².